The molecule has 6 amide bonds. The number of aromatic nitrogens is 1. The molecule has 0 bridgehead atoms. The number of nitrogens with zero attached hydrogens (tertiary/aromatic N) is 5. The number of carbonyl (C=O) groups is 6. The smallest absolute Gasteiger partial charge is 0.280 e. The Kier molecular flexibility index (Phi) is 34.7. The molecule has 27 nitrogen and oxygen atoms in total. The fourth-order valence-electron chi connectivity index (χ4n) is 6.24. The molecule has 0 atom stereocenters. The van der Waals surface area contributed by atoms with Gasteiger partial charge in [0.1, 0.15) is 18.2 Å². The highest BCUT2D eigenvalue weighted by Crippen LogP contribution is 2.27. The summed E-state index contributed by atoms with van der Waals surface area (Å²) < 4.78 is 54.7. The van der Waals surface area contributed by atoms with E-state index in [0.29, 0.717) is 169 Å². The normalized spacial score (nSPS) is 13.4. The summed E-state index contributed by atoms with van der Waals surface area (Å²) in [7, 11) is 0. The van der Waals surface area contributed by atoms with Gasteiger partial charge in [-0.3, -0.25) is 43.5 Å². The van der Waals surface area contributed by atoms with Gasteiger partial charge in [0, 0.05) is 56.2 Å². The number of amidine groups is 2. The summed E-state index contributed by atoms with van der Waals surface area (Å²) in [6.07, 6.45) is 8.69. The SMILES string of the molecule is CCCN(OCC)C(=O)C1=Cc2ncc(C(=O)N=C(N)/C=C\NCC(=O)NCCOCCOCCOCCOCCOCCOCCOCCOCCOCCOCCNC(=O)CN3C(=O)C=CC3=O)cc2N=C(N)C1. The number of ether oxygens (including phenoxy) is 10. The van der Waals surface area contributed by atoms with Crippen LogP contribution < -0.4 is 27.4 Å². The van der Waals surface area contributed by atoms with E-state index >= 15 is 0 Å². The first kappa shape index (κ1) is 64.2. The molecule has 0 unspecified atom stereocenters. The summed E-state index contributed by atoms with van der Waals surface area (Å²) in [4.78, 5) is 91.7. The van der Waals surface area contributed by atoms with Gasteiger partial charge in [0.2, 0.25) is 11.8 Å². The number of aliphatic imine (C=N–C) groups is 2. The molecule has 0 aliphatic carbocycles. The van der Waals surface area contributed by atoms with Gasteiger partial charge in [0.05, 0.1) is 162 Å². The quantitative estimate of drug-likeness (QED) is 0.0171. The van der Waals surface area contributed by atoms with Crippen molar-refractivity contribution in [1.82, 2.24) is 30.9 Å². The third-order valence-electron chi connectivity index (χ3n) is 9.86. The van der Waals surface area contributed by atoms with E-state index < -0.39 is 23.6 Å². The number of pyridine rings is 1. The molecule has 0 saturated carbocycles. The van der Waals surface area contributed by atoms with Crippen LogP contribution in [0.15, 0.2) is 52.2 Å². The second-order valence-corrected chi connectivity index (χ2v) is 15.9. The number of carbonyl (C=O) groups excluding carboxylic acids is 6. The Balaban J connectivity index is 1.02. The van der Waals surface area contributed by atoms with Crippen molar-refractivity contribution in [2.45, 2.75) is 26.7 Å². The van der Waals surface area contributed by atoms with E-state index in [2.05, 4.69) is 30.9 Å². The number of nitrogens with two attached hydrogens (primary N) is 2. The van der Waals surface area contributed by atoms with Crippen molar-refractivity contribution in [3.63, 3.8) is 0 Å². The van der Waals surface area contributed by atoms with Crippen LogP contribution in [0.1, 0.15) is 42.7 Å². The molecule has 3 heterocycles. The zero-order chi connectivity index (χ0) is 54.9. The summed E-state index contributed by atoms with van der Waals surface area (Å²) in [5.74, 6) is -2.67. The van der Waals surface area contributed by atoms with Gasteiger partial charge in [0.25, 0.3) is 23.6 Å². The summed E-state index contributed by atoms with van der Waals surface area (Å²) in [6.45, 7) is 12.6. The number of rotatable bonds is 45. The second-order valence-electron chi connectivity index (χ2n) is 15.9. The molecule has 27 heteroatoms. The molecular formula is C49H76N10O17. The monoisotopic (exact) mass is 1080 g/mol. The van der Waals surface area contributed by atoms with E-state index in [1.165, 1.54) is 29.6 Å². The van der Waals surface area contributed by atoms with Gasteiger partial charge < -0.3 is 74.8 Å². The lowest BCUT2D eigenvalue weighted by Gasteiger charge is -2.21. The maximum absolute atomic E-state index is 13.1. The highest BCUT2D eigenvalue weighted by atomic mass is 16.7. The van der Waals surface area contributed by atoms with Crippen LogP contribution >= 0.6 is 0 Å². The minimum absolute atomic E-state index is 0.0484. The van der Waals surface area contributed by atoms with Crippen molar-refractivity contribution in [1.29, 1.82) is 0 Å². The number of hydrogen-bond donors (Lipinski definition) is 5. The number of nitrogens with one attached hydrogen (secondary N) is 3. The minimum atomic E-state index is -0.670. The molecule has 0 saturated heterocycles. The van der Waals surface area contributed by atoms with Crippen molar-refractivity contribution in [2.75, 3.05) is 171 Å². The molecule has 2 aliphatic heterocycles. The molecule has 76 heavy (non-hydrogen) atoms. The summed E-state index contributed by atoms with van der Waals surface area (Å²) in [6, 6.07) is 1.47. The first-order valence-corrected chi connectivity index (χ1v) is 25.1. The first-order valence-electron chi connectivity index (χ1n) is 25.1. The maximum Gasteiger partial charge on any atom is 0.280 e. The Labute approximate surface area is 442 Å². The van der Waals surface area contributed by atoms with Crippen LogP contribution in [0.4, 0.5) is 5.69 Å². The molecule has 0 fully saturated rings. The molecule has 7 N–H and O–H groups in total. The first-order chi connectivity index (χ1) is 37.0. The third-order valence-corrected chi connectivity index (χ3v) is 9.86. The largest absolute Gasteiger partial charge is 0.387 e. The van der Waals surface area contributed by atoms with E-state index in [-0.39, 0.29) is 61.7 Å². The predicted molar refractivity (Wildman–Crippen MR) is 275 cm³/mol. The Morgan fingerprint density at radius 2 is 1.16 bits per heavy atom. The molecular weight excluding hydrogens is 1000 g/mol. The van der Waals surface area contributed by atoms with Crippen LogP contribution in [0, 0.1) is 0 Å². The highest BCUT2D eigenvalue weighted by Gasteiger charge is 2.26. The van der Waals surface area contributed by atoms with E-state index in [1.807, 2.05) is 6.92 Å². The van der Waals surface area contributed by atoms with Crippen molar-refractivity contribution in [2.24, 2.45) is 21.5 Å². The fraction of sp³-hybridized carbons (Fsp3) is 0.612. The number of fused-ring (bicyclic) bond motifs is 1. The lowest BCUT2D eigenvalue weighted by atomic mass is 10.1. The van der Waals surface area contributed by atoms with Crippen LogP contribution in [-0.4, -0.2) is 234 Å². The number of hydrogen-bond acceptors (Lipinski definition) is 21. The number of hydroxylamine groups is 2. The second kappa shape index (κ2) is 41.1. The van der Waals surface area contributed by atoms with Crippen LogP contribution in [0.5, 0.6) is 0 Å². The summed E-state index contributed by atoms with van der Waals surface area (Å²) >= 11 is 0. The van der Waals surface area contributed by atoms with Crippen LogP contribution in [-0.2, 0) is 76.2 Å². The molecule has 424 valence electrons. The molecule has 0 spiro atoms. The Bertz CT molecular complexity index is 2050. The van der Waals surface area contributed by atoms with Gasteiger partial charge >= 0.3 is 0 Å². The van der Waals surface area contributed by atoms with Crippen LogP contribution in [0.2, 0.25) is 0 Å². The summed E-state index contributed by atoms with van der Waals surface area (Å²) in [5.41, 5.74) is 13.1. The maximum atomic E-state index is 13.1. The van der Waals surface area contributed by atoms with Gasteiger partial charge in [-0.05, 0) is 31.6 Å². The van der Waals surface area contributed by atoms with Gasteiger partial charge in [0.15, 0.2) is 0 Å². The predicted octanol–water partition coefficient (Wildman–Crippen LogP) is -1.03. The molecule has 0 radical (unpaired) electrons. The van der Waals surface area contributed by atoms with Crippen molar-refractivity contribution in [3.05, 3.63) is 53.5 Å². The highest BCUT2D eigenvalue weighted by molar-refractivity contribution is 6.14. The lowest BCUT2D eigenvalue weighted by Crippen LogP contribution is -2.41. The minimum Gasteiger partial charge on any atom is -0.387 e. The number of imide groups is 1. The molecule has 1 aromatic heterocycles. The lowest BCUT2D eigenvalue weighted by molar-refractivity contribution is -0.180. The van der Waals surface area contributed by atoms with Crippen molar-refractivity contribution < 1.29 is 81.0 Å². The Morgan fingerprint density at radius 1 is 0.697 bits per heavy atom. The zero-order valence-corrected chi connectivity index (χ0v) is 43.7. The van der Waals surface area contributed by atoms with Crippen molar-refractivity contribution in [3.8, 4) is 0 Å². The fourth-order valence-corrected chi connectivity index (χ4v) is 6.24. The van der Waals surface area contributed by atoms with Gasteiger partial charge in [-0.2, -0.15) is 4.99 Å². The average molecular weight is 1080 g/mol. The van der Waals surface area contributed by atoms with Gasteiger partial charge in [-0.1, -0.05) is 6.92 Å². The zero-order valence-electron chi connectivity index (χ0n) is 43.7. The Hall–Kier alpha value is -6.11. The topological polar surface area (TPSA) is 336 Å². The summed E-state index contributed by atoms with van der Waals surface area (Å²) in [5, 5.41) is 9.38. The molecule has 1 aromatic rings. The molecule has 2 aliphatic rings. The van der Waals surface area contributed by atoms with Crippen LogP contribution in [0.25, 0.3) is 6.08 Å². The molecule has 3 rings (SSSR count). The van der Waals surface area contributed by atoms with Gasteiger partial charge in [-0.15, -0.1) is 0 Å². The van der Waals surface area contributed by atoms with Crippen molar-refractivity contribution >= 4 is 58.9 Å². The van der Waals surface area contributed by atoms with E-state index in [0.717, 1.165) is 17.1 Å². The van der Waals surface area contributed by atoms with E-state index in [1.54, 1.807) is 13.0 Å². The van der Waals surface area contributed by atoms with Gasteiger partial charge in [-0.25, -0.2) is 10.1 Å². The Morgan fingerprint density at radius 3 is 1.62 bits per heavy atom. The third kappa shape index (κ3) is 29.3. The van der Waals surface area contributed by atoms with E-state index in [4.69, 9.17) is 63.7 Å². The number of amides is 6. The van der Waals surface area contributed by atoms with Crippen LogP contribution in [0.3, 0.4) is 0 Å². The standard InChI is InChI=1S/C49H76N10O17/c1-3-11-59(76-4-2)49(65)38-32-40-41(56-43(51)34-38)33-39(35-55-40)48(64)57-42(50)7-8-52-36-44(60)53-9-12-66-14-16-68-18-20-70-22-24-72-26-28-74-30-31-75-29-27-73-25-23-71-21-19-69-17-15-67-13-10-54-45(61)37-58-46(62)5-6-47(58)63/h5-8,32-33,35,52H,3-4,9-31,34,36-37H2,1-2H3,(H2,51,56)(H,53,60)(H,54,61)(H2,50,57,64)/b8-7-. The van der Waals surface area contributed by atoms with E-state index in [9.17, 15) is 28.8 Å². The molecule has 0 aromatic carbocycles. The average Bonchev–Trinajstić information content (AvgIpc) is 3.60.